The summed E-state index contributed by atoms with van der Waals surface area (Å²) in [5.41, 5.74) is -0.248. The zero-order valence-electron chi connectivity index (χ0n) is 8.46. The van der Waals surface area contributed by atoms with Crippen molar-refractivity contribution in [3.63, 3.8) is 0 Å². The molecule has 0 aromatic carbocycles. The Morgan fingerprint density at radius 3 is 2.50 bits per heavy atom. The van der Waals surface area contributed by atoms with Crippen LogP contribution in [-0.2, 0) is 9.53 Å². The number of rotatable bonds is 6. The fraction of sp³-hybridized carbons (Fsp3) is 0.889. The topological polar surface area (TPSA) is 29.5 Å². The first-order valence-corrected chi connectivity index (χ1v) is 4.15. The lowest BCUT2D eigenvalue weighted by atomic mass is 9.95. The van der Waals surface area contributed by atoms with E-state index in [0.29, 0.717) is 6.61 Å². The summed E-state index contributed by atoms with van der Waals surface area (Å²) in [6, 6.07) is 0. The van der Waals surface area contributed by atoms with Crippen molar-refractivity contribution in [3.05, 3.63) is 0 Å². The number of carbonyl (C=O) groups is 1. The molecule has 0 aromatic heterocycles. The zero-order valence-corrected chi connectivity index (χ0v) is 8.46. The fourth-order valence-corrected chi connectivity index (χ4v) is 1.06. The standard InChI is InChI=1S/C9H19NO2/c1-9(2,8-11)7-10(3)5-6-12-4/h8H,5-7H2,1-4H3. The molecule has 0 aliphatic rings. The second kappa shape index (κ2) is 5.27. The van der Waals surface area contributed by atoms with Crippen molar-refractivity contribution in [1.29, 1.82) is 0 Å². The molecule has 0 saturated heterocycles. The summed E-state index contributed by atoms with van der Waals surface area (Å²) in [4.78, 5) is 12.7. The summed E-state index contributed by atoms with van der Waals surface area (Å²) >= 11 is 0. The van der Waals surface area contributed by atoms with Gasteiger partial charge in [-0.05, 0) is 7.05 Å². The van der Waals surface area contributed by atoms with Gasteiger partial charge in [-0.1, -0.05) is 13.8 Å². The third-order valence-electron chi connectivity index (χ3n) is 1.67. The van der Waals surface area contributed by atoms with Crippen LogP contribution < -0.4 is 0 Å². The third-order valence-corrected chi connectivity index (χ3v) is 1.67. The molecule has 0 amide bonds. The average molecular weight is 173 g/mol. The van der Waals surface area contributed by atoms with Crippen LogP contribution in [0, 0.1) is 5.41 Å². The van der Waals surface area contributed by atoms with Crippen LogP contribution in [0.3, 0.4) is 0 Å². The fourth-order valence-electron chi connectivity index (χ4n) is 1.06. The SMILES string of the molecule is COCCN(C)CC(C)(C)C=O. The molecule has 0 saturated carbocycles. The van der Waals surface area contributed by atoms with Crippen molar-refractivity contribution in [1.82, 2.24) is 4.90 Å². The van der Waals surface area contributed by atoms with Crippen molar-refractivity contribution in [2.75, 3.05) is 33.9 Å². The molecular weight excluding hydrogens is 154 g/mol. The van der Waals surface area contributed by atoms with E-state index in [1.165, 1.54) is 0 Å². The molecule has 0 heterocycles. The summed E-state index contributed by atoms with van der Waals surface area (Å²) in [5.74, 6) is 0. The maximum absolute atomic E-state index is 10.6. The van der Waals surface area contributed by atoms with Gasteiger partial charge >= 0.3 is 0 Å². The molecule has 0 bridgehead atoms. The van der Waals surface area contributed by atoms with Crippen LogP contribution in [-0.4, -0.2) is 45.0 Å². The minimum Gasteiger partial charge on any atom is -0.383 e. The highest BCUT2D eigenvalue weighted by Crippen LogP contribution is 2.11. The normalized spacial score (nSPS) is 12.1. The van der Waals surface area contributed by atoms with E-state index in [0.717, 1.165) is 19.4 Å². The van der Waals surface area contributed by atoms with Crippen molar-refractivity contribution in [3.8, 4) is 0 Å². The van der Waals surface area contributed by atoms with E-state index in [2.05, 4.69) is 4.90 Å². The zero-order chi connectivity index (χ0) is 9.61. The molecule has 0 radical (unpaired) electrons. The van der Waals surface area contributed by atoms with Crippen LogP contribution in [0.1, 0.15) is 13.8 Å². The number of nitrogens with zero attached hydrogens (tertiary/aromatic N) is 1. The molecule has 0 rings (SSSR count). The average Bonchev–Trinajstić information content (AvgIpc) is 2.00. The predicted octanol–water partition coefficient (Wildman–Crippen LogP) is 0.790. The second-order valence-electron chi connectivity index (χ2n) is 3.84. The van der Waals surface area contributed by atoms with Crippen LogP contribution >= 0.6 is 0 Å². The predicted molar refractivity (Wildman–Crippen MR) is 49.2 cm³/mol. The molecule has 0 spiro atoms. The number of carbonyl (C=O) groups excluding carboxylic acids is 1. The van der Waals surface area contributed by atoms with E-state index < -0.39 is 0 Å². The smallest absolute Gasteiger partial charge is 0.126 e. The summed E-state index contributed by atoms with van der Waals surface area (Å²) in [7, 11) is 3.67. The lowest BCUT2D eigenvalue weighted by Gasteiger charge is -2.24. The Hall–Kier alpha value is -0.410. The van der Waals surface area contributed by atoms with Gasteiger partial charge in [0.05, 0.1) is 6.61 Å². The summed E-state index contributed by atoms with van der Waals surface area (Å²) < 4.78 is 4.93. The number of likely N-dealkylation sites (N-methyl/N-ethyl adjacent to an activating group) is 1. The molecule has 72 valence electrons. The van der Waals surface area contributed by atoms with Gasteiger partial charge in [0.25, 0.3) is 0 Å². The summed E-state index contributed by atoms with van der Waals surface area (Å²) in [6.07, 6.45) is 0.996. The highest BCUT2D eigenvalue weighted by atomic mass is 16.5. The minimum atomic E-state index is -0.248. The Kier molecular flexibility index (Phi) is 5.09. The lowest BCUT2D eigenvalue weighted by Crippen LogP contribution is -2.34. The first-order chi connectivity index (χ1) is 5.52. The lowest BCUT2D eigenvalue weighted by molar-refractivity contribution is -0.115. The molecule has 3 heteroatoms. The Bertz CT molecular complexity index is 134. The molecule has 0 atom stereocenters. The van der Waals surface area contributed by atoms with E-state index in [9.17, 15) is 4.79 Å². The van der Waals surface area contributed by atoms with E-state index in [1.807, 2.05) is 20.9 Å². The summed E-state index contributed by atoms with van der Waals surface area (Å²) in [6.45, 7) is 6.23. The van der Waals surface area contributed by atoms with Gasteiger partial charge < -0.3 is 14.4 Å². The van der Waals surface area contributed by atoms with Crippen LogP contribution in [0.4, 0.5) is 0 Å². The minimum absolute atomic E-state index is 0.248. The number of methoxy groups -OCH3 is 1. The first kappa shape index (κ1) is 11.6. The van der Waals surface area contributed by atoms with Gasteiger partial charge in [-0.15, -0.1) is 0 Å². The molecule has 3 nitrogen and oxygen atoms in total. The van der Waals surface area contributed by atoms with E-state index in [-0.39, 0.29) is 5.41 Å². The molecule has 0 aliphatic heterocycles. The maximum atomic E-state index is 10.6. The van der Waals surface area contributed by atoms with Crippen LogP contribution in [0.2, 0.25) is 0 Å². The van der Waals surface area contributed by atoms with E-state index >= 15 is 0 Å². The molecular formula is C9H19NO2. The van der Waals surface area contributed by atoms with Crippen LogP contribution in [0.25, 0.3) is 0 Å². The van der Waals surface area contributed by atoms with E-state index in [1.54, 1.807) is 7.11 Å². The number of aldehydes is 1. The van der Waals surface area contributed by atoms with E-state index in [4.69, 9.17) is 4.74 Å². The Labute approximate surface area is 74.7 Å². The summed E-state index contributed by atoms with van der Waals surface area (Å²) in [5, 5.41) is 0. The van der Waals surface area contributed by atoms with Gasteiger partial charge in [-0.25, -0.2) is 0 Å². The molecule has 12 heavy (non-hydrogen) atoms. The molecule has 0 aromatic rings. The maximum Gasteiger partial charge on any atom is 0.126 e. The second-order valence-corrected chi connectivity index (χ2v) is 3.84. The van der Waals surface area contributed by atoms with Crippen molar-refractivity contribution >= 4 is 6.29 Å². The third kappa shape index (κ3) is 5.27. The molecule has 0 unspecified atom stereocenters. The number of hydrogen-bond donors (Lipinski definition) is 0. The van der Waals surface area contributed by atoms with Gasteiger partial charge in [-0.2, -0.15) is 0 Å². The monoisotopic (exact) mass is 173 g/mol. The Balaban J connectivity index is 3.67. The van der Waals surface area contributed by atoms with Gasteiger partial charge in [0, 0.05) is 25.6 Å². The van der Waals surface area contributed by atoms with Crippen LogP contribution in [0.5, 0.6) is 0 Å². The first-order valence-electron chi connectivity index (χ1n) is 4.15. The van der Waals surface area contributed by atoms with Gasteiger partial charge in [0.2, 0.25) is 0 Å². The van der Waals surface area contributed by atoms with Crippen molar-refractivity contribution < 1.29 is 9.53 Å². The molecule has 0 fully saturated rings. The largest absolute Gasteiger partial charge is 0.383 e. The van der Waals surface area contributed by atoms with Gasteiger partial charge in [-0.3, -0.25) is 0 Å². The Morgan fingerprint density at radius 1 is 1.50 bits per heavy atom. The highest BCUT2D eigenvalue weighted by molar-refractivity contribution is 5.58. The van der Waals surface area contributed by atoms with Gasteiger partial charge in [0.15, 0.2) is 0 Å². The number of hydrogen-bond acceptors (Lipinski definition) is 3. The van der Waals surface area contributed by atoms with Crippen molar-refractivity contribution in [2.24, 2.45) is 5.41 Å². The molecule has 0 aliphatic carbocycles. The van der Waals surface area contributed by atoms with Crippen molar-refractivity contribution in [2.45, 2.75) is 13.8 Å². The molecule has 0 N–H and O–H groups in total. The quantitative estimate of drug-likeness (QED) is 0.556. The Morgan fingerprint density at radius 2 is 2.08 bits per heavy atom. The number of ether oxygens (including phenoxy) is 1. The van der Waals surface area contributed by atoms with Crippen LogP contribution in [0.15, 0.2) is 0 Å². The highest BCUT2D eigenvalue weighted by Gasteiger charge is 2.18. The van der Waals surface area contributed by atoms with Gasteiger partial charge in [0.1, 0.15) is 6.29 Å².